The summed E-state index contributed by atoms with van der Waals surface area (Å²) in [5.74, 6) is 0.00441. The zero-order valence-electron chi connectivity index (χ0n) is 13.8. The molecule has 0 aliphatic rings. The van der Waals surface area contributed by atoms with Crippen LogP contribution in [-0.2, 0) is 6.42 Å². The molecule has 1 aromatic heterocycles. The normalized spacial score (nSPS) is 11.2. The smallest absolute Gasteiger partial charge is 0.254 e. The van der Waals surface area contributed by atoms with Crippen LogP contribution in [0.15, 0.2) is 48.5 Å². The van der Waals surface area contributed by atoms with Crippen LogP contribution in [0.25, 0.3) is 11.0 Å². The summed E-state index contributed by atoms with van der Waals surface area (Å²) in [5, 5.41) is 2.77. The quantitative estimate of drug-likeness (QED) is 0.777. The molecule has 0 bridgehead atoms. The molecule has 1 amide bonds. The molecule has 124 valence electrons. The topological polar surface area (TPSA) is 46.9 Å². The number of nitrogens with one attached hydrogen (secondary N) is 1. The average molecular weight is 325 g/mol. The number of carbonyl (C=O) groups is 1. The monoisotopic (exact) mass is 325 g/mol. The van der Waals surface area contributed by atoms with Crippen molar-refractivity contribution in [2.75, 3.05) is 6.54 Å². The van der Waals surface area contributed by atoms with E-state index in [0.29, 0.717) is 13.0 Å². The minimum absolute atomic E-state index is 0.0647. The summed E-state index contributed by atoms with van der Waals surface area (Å²) in [6.07, 6.45) is 0.590. The molecule has 4 nitrogen and oxygen atoms in total. The summed E-state index contributed by atoms with van der Waals surface area (Å²) in [5.41, 5.74) is 2.10. The van der Waals surface area contributed by atoms with Gasteiger partial charge in [0.2, 0.25) is 0 Å². The van der Waals surface area contributed by atoms with Gasteiger partial charge >= 0.3 is 0 Å². The standard InChI is InChI=1S/C19H20FN3O/c1-13(2)23-17-10-6-5-9-16(17)22-18(23)11-12-21-19(24)14-7-3-4-8-15(14)20/h3-10,13H,11-12H2,1-2H3,(H,21,24). The van der Waals surface area contributed by atoms with Crippen molar-refractivity contribution < 1.29 is 9.18 Å². The third-order valence-electron chi connectivity index (χ3n) is 3.94. The second-order valence-corrected chi connectivity index (χ2v) is 5.97. The highest BCUT2D eigenvalue weighted by molar-refractivity contribution is 5.94. The van der Waals surface area contributed by atoms with Crippen molar-refractivity contribution in [3.63, 3.8) is 0 Å². The molecule has 0 unspecified atom stereocenters. The molecule has 2 aromatic carbocycles. The van der Waals surface area contributed by atoms with Gasteiger partial charge in [-0.25, -0.2) is 9.37 Å². The highest BCUT2D eigenvalue weighted by atomic mass is 19.1. The summed E-state index contributed by atoms with van der Waals surface area (Å²) in [6, 6.07) is 14.2. The van der Waals surface area contributed by atoms with E-state index in [2.05, 4.69) is 28.7 Å². The van der Waals surface area contributed by atoms with E-state index in [9.17, 15) is 9.18 Å². The largest absolute Gasteiger partial charge is 0.351 e. The first-order valence-corrected chi connectivity index (χ1v) is 8.06. The number of hydrogen-bond acceptors (Lipinski definition) is 2. The zero-order chi connectivity index (χ0) is 17.1. The lowest BCUT2D eigenvalue weighted by Crippen LogP contribution is -2.27. The SMILES string of the molecule is CC(C)n1c(CCNC(=O)c2ccccc2F)nc2ccccc21. The number of nitrogens with zero attached hydrogens (tertiary/aromatic N) is 2. The van der Waals surface area contributed by atoms with E-state index < -0.39 is 11.7 Å². The first-order valence-electron chi connectivity index (χ1n) is 8.06. The Bertz CT molecular complexity index is 870. The van der Waals surface area contributed by atoms with Crippen LogP contribution in [0.4, 0.5) is 4.39 Å². The lowest BCUT2D eigenvalue weighted by atomic mass is 10.2. The molecular weight excluding hydrogens is 305 g/mol. The Labute approximate surface area is 140 Å². The second-order valence-electron chi connectivity index (χ2n) is 5.97. The molecule has 1 N–H and O–H groups in total. The van der Waals surface area contributed by atoms with Gasteiger partial charge in [-0.2, -0.15) is 0 Å². The van der Waals surface area contributed by atoms with Crippen molar-refractivity contribution in [1.82, 2.24) is 14.9 Å². The maximum absolute atomic E-state index is 13.6. The van der Waals surface area contributed by atoms with Gasteiger partial charge in [0, 0.05) is 19.0 Å². The molecule has 0 saturated heterocycles. The Morgan fingerprint density at radius 2 is 1.88 bits per heavy atom. The van der Waals surface area contributed by atoms with E-state index in [4.69, 9.17) is 0 Å². The van der Waals surface area contributed by atoms with Crippen LogP contribution in [0.3, 0.4) is 0 Å². The van der Waals surface area contributed by atoms with Crippen molar-refractivity contribution in [1.29, 1.82) is 0 Å². The number of amides is 1. The molecule has 0 saturated carbocycles. The van der Waals surface area contributed by atoms with E-state index in [1.807, 2.05) is 24.3 Å². The zero-order valence-corrected chi connectivity index (χ0v) is 13.8. The van der Waals surface area contributed by atoms with Gasteiger partial charge < -0.3 is 9.88 Å². The number of imidazole rings is 1. The van der Waals surface area contributed by atoms with E-state index in [1.165, 1.54) is 12.1 Å². The van der Waals surface area contributed by atoms with Crippen LogP contribution >= 0.6 is 0 Å². The Kier molecular flexibility index (Phi) is 4.60. The van der Waals surface area contributed by atoms with Crippen LogP contribution in [0.2, 0.25) is 0 Å². The lowest BCUT2D eigenvalue weighted by molar-refractivity contribution is 0.0950. The fourth-order valence-corrected chi connectivity index (χ4v) is 2.88. The molecule has 5 heteroatoms. The van der Waals surface area contributed by atoms with Gasteiger partial charge in [-0.15, -0.1) is 0 Å². The third-order valence-corrected chi connectivity index (χ3v) is 3.94. The molecule has 0 aliphatic carbocycles. The van der Waals surface area contributed by atoms with Crippen molar-refractivity contribution in [3.8, 4) is 0 Å². The van der Waals surface area contributed by atoms with Gasteiger partial charge in [-0.1, -0.05) is 24.3 Å². The Hall–Kier alpha value is -2.69. The molecule has 24 heavy (non-hydrogen) atoms. The second kappa shape index (κ2) is 6.83. The molecule has 0 aliphatic heterocycles. The fraction of sp³-hybridized carbons (Fsp3) is 0.263. The van der Waals surface area contributed by atoms with Crippen LogP contribution in [0.5, 0.6) is 0 Å². The summed E-state index contributed by atoms with van der Waals surface area (Å²) < 4.78 is 15.8. The molecular formula is C19H20FN3O. The van der Waals surface area contributed by atoms with Crippen molar-refractivity contribution in [2.45, 2.75) is 26.3 Å². The Balaban J connectivity index is 1.73. The molecule has 3 rings (SSSR count). The number of para-hydroxylation sites is 2. The lowest BCUT2D eigenvalue weighted by Gasteiger charge is -2.13. The first-order chi connectivity index (χ1) is 11.6. The number of aromatic nitrogens is 2. The van der Waals surface area contributed by atoms with Crippen LogP contribution in [-0.4, -0.2) is 22.0 Å². The van der Waals surface area contributed by atoms with Crippen molar-refractivity contribution in [2.24, 2.45) is 0 Å². The summed E-state index contributed by atoms with van der Waals surface area (Å²) in [4.78, 5) is 16.7. The van der Waals surface area contributed by atoms with Crippen LogP contribution < -0.4 is 5.32 Å². The predicted molar refractivity (Wildman–Crippen MR) is 92.6 cm³/mol. The van der Waals surface area contributed by atoms with E-state index in [1.54, 1.807) is 12.1 Å². The maximum Gasteiger partial charge on any atom is 0.254 e. The van der Waals surface area contributed by atoms with Crippen LogP contribution in [0.1, 0.15) is 36.1 Å². The highest BCUT2D eigenvalue weighted by Gasteiger charge is 2.14. The number of fused-ring (bicyclic) bond motifs is 1. The number of carbonyl (C=O) groups excluding carboxylic acids is 1. The van der Waals surface area contributed by atoms with Gasteiger partial charge in [0.1, 0.15) is 11.6 Å². The van der Waals surface area contributed by atoms with Gasteiger partial charge in [0.05, 0.1) is 16.6 Å². The number of rotatable bonds is 5. The highest BCUT2D eigenvalue weighted by Crippen LogP contribution is 2.21. The molecule has 0 radical (unpaired) electrons. The fourth-order valence-electron chi connectivity index (χ4n) is 2.88. The van der Waals surface area contributed by atoms with Crippen molar-refractivity contribution >= 4 is 16.9 Å². The Morgan fingerprint density at radius 3 is 2.62 bits per heavy atom. The van der Waals surface area contributed by atoms with Crippen molar-refractivity contribution in [3.05, 3.63) is 65.7 Å². The predicted octanol–water partition coefficient (Wildman–Crippen LogP) is 3.73. The third kappa shape index (κ3) is 3.15. The summed E-state index contributed by atoms with van der Waals surface area (Å²) >= 11 is 0. The number of hydrogen-bond donors (Lipinski definition) is 1. The summed E-state index contributed by atoms with van der Waals surface area (Å²) in [7, 11) is 0. The number of benzene rings is 2. The molecule has 1 heterocycles. The van der Waals surface area contributed by atoms with E-state index in [-0.39, 0.29) is 11.6 Å². The van der Waals surface area contributed by atoms with Gasteiger partial charge in [-0.3, -0.25) is 4.79 Å². The number of halogens is 1. The van der Waals surface area contributed by atoms with E-state index >= 15 is 0 Å². The molecule has 0 atom stereocenters. The van der Waals surface area contributed by atoms with Gasteiger partial charge in [0.15, 0.2) is 0 Å². The molecule has 0 spiro atoms. The maximum atomic E-state index is 13.6. The molecule has 0 fully saturated rings. The average Bonchev–Trinajstić information content (AvgIpc) is 2.93. The Morgan fingerprint density at radius 1 is 1.17 bits per heavy atom. The molecule has 3 aromatic rings. The van der Waals surface area contributed by atoms with E-state index in [0.717, 1.165) is 16.9 Å². The summed E-state index contributed by atoms with van der Waals surface area (Å²) in [6.45, 7) is 4.62. The minimum Gasteiger partial charge on any atom is -0.351 e. The van der Waals surface area contributed by atoms with Gasteiger partial charge in [-0.05, 0) is 38.1 Å². The first kappa shape index (κ1) is 16.2. The van der Waals surface area contributed by atoms with Gasteiger partial charge in [0.25, 0.3) is 5.91 Å². The minimum atomic E-state index is -0.510. The van der Waals surface area contributed by atoms with Crippen LogP contribution in [0, 0.1) is 5.82 Å².